The molecule has 0 saturated carbocycles. The summed E-state index contributed by atoms with van der Waals surface area (Å²) in [4.78, 5) is 28.9. The van der Waals surface area contributed by atoms with Crippen LogP contribution >= 0.6 is 0 Å². The van der Waals surface area contributed by atoms with Crippen molar-refractivity contribution in [3.63, 3.8) is 0 Å². The average molecular weight is 373 g/mol. The fourth-order valence-electron chi connectivity index (χ4n) is 2.71. The summed E-state index contributed by atoms with van der Waals surface area (Å²) in [6, 6.07) is 17.2. The quantitative estimate of drug-likeness (QED) is 0.682. The molecular weight excluding hydrogens is 350 g/mol. The molecule has 2 amide bonds. The van der Waals surface area contributed by atoms with Crippen LogP contribution < -0.4 is 10.6 Å². The number of hydrogen-bond acceptors (Lipinski definition) is 3. The molecule has 142 valence electrons. The number of aryl methyl sites for hydroxylation is 2. The van der Waals surface area contributed by atoms with Crippen molar-refractivity contribution in [1.29, 1.82) is 0 Å². The highest BCUT2D eigenvalue weighted by molar-refractivity contribution is 6.05. The van der Waals surface area contributed by atoms with Gasteiger partial charge in [0.1, 0.15) is 0 Å². The van der Waals surface area contributed by atoms with Crippen molar-refractivity contribution in [2.75, 3.05) is 5.32 Å². The highest BCUT2D eigenvalue weighted by Gasteiger charge is 2.12. The summed E-state index contributed by atoms with van der Waals surface area (Å²) in [5, 5.41) is 5.68. The van der Waals surface area contributed by atoms with E-state index in [4.69, 9.17) is 0 Å². The molecule has 1 aromatic heterocycles. The van der Waals surface area contributed by atoms with E-state index in [1.165, 1.54) is 23.5 Å². The van der Waals surface area contributed by atoms with Crippen LogP contribution in [0.2, 0.25) is 0 Å². The van der Waals surface area contributed by atoms with Crippen molar-refractivity contribution in [2.45, 2.75) is 26.8 Å². The number of carbonyl (C=O) groups excluding carboxylic acids is 2. The molecule has 5 nitrogen and oxygen atoms in total. The van der Waals surface area contributed by atoms with Gasteiger partial charge in [0.2, 0.25) is 0 Å². The number of amides is 2. The Balaban J connectivity index is 1.64. The molecule has 0 atom stereocenters. The number of benzene rings is 2. The van der Waals surface area contributed by atoms with Gasteiger partial charge in [0.15, 0.2) is 0 Å². The third-order valence-corrected chi connectivity index (χ3v) is 4.46. The number of carbonyl (C=O) groups is 2. The van der Waals surface area contributed by atoms with Crippen LogP contribution in [0.25, 0.3) is 0 Å². The molecule has 3 rings (SSSR count). The van der Waals surface area contributed by atoms with Crippen LogP contribution in [0, 0.1) is 6.92 Å². The van der Waals surface area contributed by atoms with E-state index >= 15 is 0 Å². The predicted octanol–water partition coefficient (Wildman–Crippen LogP) is 4.13. The lowest BCUT2D eigenvalue weighted by Gasteiger charge is -2.08. The van der Waals surface area contributed by atoms with Crippen LogP contribution in [0.5, 0.6) is 0 Å². The number of rotatable bonds is 6. The minimum Gasteiger partial charge on any atom is -0.348 e. The second-order valence-electron chi connectivity index (χ2n) is 6.64. The summed E-state index contributed by atoms with van der Waals surface area (Å²) in [6.07, 6.45) is 3.85. The summed E-state index contributed by atoms with van der Waals surface area (Å²) in [7, 11) is 0. The maximum Gasteiger partial charge on any atom is 0.257 e. The van der Waals surface area contributed by atoms with Crippen LogP contribution in [-0.4, -0.2) is 16.8 Å². The van der Waals surface area contributed by atoms with Crippen molar-refractivity contribution in [3.05, 3.63) is 94.8 Å². The molecule has 0 fully saturated rings. The number of anilines is 1. The van der Waals surface area contributed by atoms with Gasteiger partial charge in [-0.1, -0.05) is 48.9 Å². The van der Waals surface area contributed by atoms with Crippen molar-refractivity contribution < 1.29 is 9.59 Å². The SMILES string of the molecule is CCc1ccc(NC(=O)c2cncc(C(=O)NCc3ccc(C)cc3)c2)cc1. The van der Waals surface area contributed by atoms with E-state index in [0.717, 1.165) is 12.0 Å². The van der Waals surface area contributed by atoms with Gasteiger partial charge < -0.3 is 10.6 Å². The Labute approximate surface area is 164 Å². The lowest BCUT2D eigenvalue weighted by molar-refractivity contribution is 0.0950. The van der Waals surface area contributed by atoms with Crippen molar-refractivity contribution in [1.82, 2.24) is 10.3 Å². The van der Waals surface area contributed by atoms with Crippen LogP contribution in [0.3, 0.4) is 0 Å². The van der Waals surface area contributed by atoms with E-state index in [-0.39, 0.29) is 11.8 Å². The van der Waals surface area contributed by atoms with Gasteiger partial charge in [-0.3, -0.25) is 14.6 Å². The molecule has 1 heterocycles. The number of aromatic nitrogens is 1. The van der Waals surface area contributed by atoms with E-state index < -0.39 is 0 Å². The maximum atomic E-state index is 12.5. The van der Waals surface area contributed by atoms with Crippen LogP contribution in [0.1, 0.15) is 44.3 Å². The predicted molar refractivity (Wildman–Crippen MR) is 110 cm³/mol. The van der Waals surface area contributed by atoms with E-state index in [1.807, 2.05) is 55.5 Å². The van der Waals surface area contributed by atoms with Gasteiger partial charge in [0.25, 0.3) is 11.8 Å². The monoisotopic (exact) mass is 373 g/mol. The normalized spacial score (nSPS) is 10.4. The Morgan fingerprint density at radius 2 is 1.46 bits per heavy atom. The van der Waals surface area contributed by atoms with Gasteiger partial charge in [-0.15, -0.1) is 0 Å². The van der Waals surface area contributed by atoms with Crippen LogP contribution in [-0.2, 0) is 13.0 Å². The minimum atomic E-state index is -0.301. The molecule has 0 unspecified atom stereocenters. The van der Waals surface area contributed by atoms with Gasteiger partial charge in [0, 0.05) is 24.6 Å². The summed E-state index contributed by atoms with van der Waals surface area (Å²) < 4.78 is 0. The molecule has 2 aromatic carbocycles. The van der Waals surface area contributed by atoms with Gasteiger partial charge >= 0.3 is 0 Å². The molecule has 28 heavy (non-hydrogen) atoms. The zero-order valence-electron chi connectivity index (χ0n) is 16.0. The number of nitrogens with one attached hydrogen (secondary N) is 2. The van der Waals surface area contributed by atoms with Crippen molar-refractivity contribution in [3.8, 4) is 0 Å². The van der Waals surface area contributed by atoms with Gasteiger partial charge in [-0.2, -0.15) is 0 Å². The Morgan fingerprint density at radius 1 is 0.857 bits per heavy atom. The lowest BCUT2D eigenvalue weighted by atomic mass is 10.1. The Bertz CT molecular complexity index is 964. The number of nitrogens with zero attached hydrogens (tertiary/aromatic N) is 1. The summed E-state index contributed by atoms with van der Waals surface area (Å²) in [6.45, 7) is 4.51. The van der Waals surface area contributed by atoms with E-state index in [1.54, 1.807) is 6.07 Å². The van der Waals surface area contributed by atoms with Crippen molar-refractivity contribution >= 4 is 17.5 Å². The van der Waals surface area contributed by atoms with Crippen LogP contribution in [0.4, 0.5) is 5.69 Å². The fourth-order valence-corrected chi connectivity index (χ4v) is 2.71. The molecule has 0 spiro atoms. The summed E-state index contributed by atoms with van der Waals surface area (Å²) in [5.41, 5.74) is 4.77. The van der Waals surface area contributed by atoms with E-state index in [2.05, 4.69) is 22.5 Å². The van der Waals surface area contributed by atoms with Gasteiger partial charge in [-0.25, -0.2) is 0 Å². The Hall–Kier alpha value is -3.47. The second kappa shape index (κ2) is 8.95. The average Bonchev–Trinajstić information content (AvgIpc) is 2.73. The number of hydrogen-bond donors (Lipinski definition) is 2. The molecule has 0 saturated heterocycles. The first kappa shape index (κ1) is 19.3. The Morgan fingerprint density at radius 3 is 2.11 bits per heavy atom. The highest BCUT2D eigenvalue weighted by Crippen LogP contribution is 2.12. The summed E-state index contributed by atoms with van der Waals surface area (Å²) >= 11 is 0. The topological polar surface area (TPSA) is 71.1 Å². The highest BCUT2D eigenvalue weighted by atomic mass is 16.2. The zero-order chi connectivity index (χ0) is 19.9. The van der Waals surface area contributed by atoms with Gasteiger partial charge in [0.05, 0.1) is 11.1 Å². The fraction of sp³-hybridized carbons (Fsp3) is 0.174. The molecule has 2 N–H and O–H groups in total. The molecule has 0 aliphatic carbocycles. The summed E-state index contributed by atoms with van der Waals surface area (Å²) in [5.74, 6) is -0.569. The largest absolute Gasteiger partial charge is 0.348 e. The first-order valence-electron chi connectivity index (χ1n) is 9.24. The molecule has 0 aliphatic rings. The van der Waals surface area contributed by atoms with Crippen LogP contribution in [0.15, 0.2) is 67.0 Å². The first-order valence-corrected chi connectivity index (χ1v) is 9.24. The molecule has 3 aromatic rings. The van der Waals surface area contributed by atoms with E-state index in [0.29, 0.717) is 23.4 Å². The number of pyridine rings is 1. The zero-order valence-corrected chi connectivity index (χ0v) is 16.0. The van der Waals surface area contributed by atoms with Gasteiger partial charge in [-0.05, 0) is 42.7 Å². The second-order valence-corrected chi connectivity index (χ2v) is 6.64. The molecule has 0 bridgehead atoms. The first-order chi connectivity index (χ1) is 13.5. The molecule has 0 radical (unpaired) electrons. The smallest absolute Gasteiger partial charge is 0.257 e. The Kier molecular flexibility index (Phi) is 6.17. The maximum absolute atomic E-state index is 12.5. The lowest BCUT2D eigenvalue weighted by Crippen LogP contribution is -2.23. The van der Waals surface area contributed by atoms with Crippen molar-refractivity contribution in [2.24, 2.45) is 0 Å². The molecular formula is C23H23N3O2. The standard InChI is InChI=1S/C23H23N3O2/c1-3-17-8-10-21(11-9-17)26-23(28)20-12-19(14-24-15-20)22(27)25-13-18-6-4-16(2)5-7-18/h4-12,14-15H,3,13H2,1-2H3,(H,25,27)(H,26,28). The third kappa shape index (κ3) is 5.04. The van der Waals surface area contributed by atoms with E-state index in [9.17, 15) is 9.59 Å². The third-order valence-electron chi connectivity index (χ3n) is 4.46. The minimum absolute atomic E-state index is 0.268. The molecule has 5 heteroatoms. The molecule has 0 aliphatic heterocycles.